The monoisotopic (exact) mass is 446 g/mol. The molecule has 0 bridgehead atoms. The summed E-state index contributed by atoms with van der Waals surface area (Å²) in [5, 5.41) is 5.24. The number of anilines is 2. The summed E-state index contributed by atoms with van der Waals surface area (Å²) in [6.45, 7) is 2.81. The molecule has 0 aliphatic carbocycles. The van der Waals surface area contributed by atoms with Crippen LogP contribution in [0.15, 0.2) is 53.4 Å². The third-order valence-corrected chi connectivity index (χ3v) is 6.62. The van der Waals surface area contributed by atoms with Gasteiger partial charge in [0.05, 0.1) is 24.7 Å². The zero-order valence-corrected chi connectivity index (χ0v) is 18.3. The van der Waals surface area contributed by atoms with Crippen molar-refractivity contribution in [2.75, 3.05) is 57.2 Å². The van der Waals surface area contributed by atoms with Crippen molar-refractivity contribution < 1.29 is 22.7 Å². The summed E-state index contributed by atoms with van der Waals surface area (Å²) in [5.41, 5.74) is 1.84. The molecule has 2 aromatic carbocycles. The molecule has 0 atom stereocenters. The molecule has 0 unspecified atom stereocenters. The molecule has 166 valence electrons. The third-order valence-electron chi connectivity index (χ3n) is 4.81. The van der Waals surface area contributed by atoms with Crippen molar-refractivity contribution in [3.8, 4) is 0 Å². The van der Waals surface area contributed by atoms with Crippen LogP contribution >= 0.6 is 0 Å². The van der Waals surface area contributed by atoms with Gasteiger partial charge in [0, 0.05) is 44.1 Å². The summed E-state index contributed by atoms with van der Waals surface area (Å²) in [6, 6.07) is 13.1. The zero-order chi connectivity index (χ0) is 22.4. The van der Waals surface area contributed by atoms with Crippen molar-refractivity contribution in [2.45, 2.75) is 4.90 Å². The normalized spacial score (nSPS) is 14.4. The molecule has 31 heavy (non-hydrogen) atoms. The molecule has 2 aromatic rings. The lowest BCUT2D eigenvalue weighted by molar-refractivity contribution is -0.115. The van der Waals surface area contributed by atoms with Crippen molar-refractivity contribution in [1.29, 1.82) is 0 Å². The standard InChI is InChI=1S/C21H26N4O5S/c1-24(2)31(28,29)19-5-3-4-16(14-19)21(27)22-15-20(26)23-17-6-8-18(9-7-17)25-10-12-30-13-11-25/h3-9,14H,10-13,15H2,1-2H3,(H,22,27)(H,23,26). The minimum atomic E-state index is -3.65. The maximum absolute atomic E-state index is 12.4. The molecule has 1 fully saturated rings. The molecule has 0 spiro atoms. The van der Waals surface area contributed by atoms with Crippen molar-refractivity contribution in [1.82, 2.24) is 9.62 Å². The van der Waals surface area contributed by atoms with Crippen LogP contribution in [-0.2, 0) is 19.6 Å². The molecule has 10 heteroatoms. The van der Waals surface area contributed by atoms with E-state index in [1.807, 2.05) is 12.1 Å². The number of carbonyl (C=O) groups is 2. The highest BCUT2D eigenvalue weighted by Crippen LogP contribution is 2.19. The first-order valence-electron chi connectivity index (χ1n) is 9.81. The Morgan fingerprint density at radius 1 is 1.06 bits per heavy atom. The van der Waals surface area contributed by atoms with E-state index in [0.717, 1.165) is 23.1 Å². The van der Waals surface area contributed by atoms with Gasteiger partial charge in [-0.3, -0.25) is 9.59 Å². The lowest BCUT2D eigenvalue weighted by Gasteiger charge is -2.28. The SMILES string of the molecule is CN(C)S(=O)(=O)c1cccc(C(=O)NCC(=O)Nc2ccc(N3CCOCC3)cc2)c1. The van der Waals surface area contributed by atoms with Crippen molar-refractivity contribution in [3.05, 3.63) is 54.1 Å². The summed E-state index contributed by atoms with van der Waals surface area (Å²) in [5.74, 6) is -0.918. The van der Waals surface area contributed by atoms with E-state index in [2.05, 4.69) is 15.5 Å². The Balaban J connectivity index is 1.54. The van der Waals surface area contributed by atoms with Gasteiger partial charge in [-0.25, -0.2) is 12.7 Å². The van der Waals surface area contributed by atoms with E-state index in [9.17, 15) is 18.0 Å². The lowest BCUT2D eigenvalue weighted by Crippen LogP contribution is -2.36. The molecule has 0 radical (unpaired) electrons. The van der Waals surface area contributed by atoms with Crippen LogP contribution in [0.25, 0.3) is 0 Å². The second kappa shape index (κ2) is 9.90. The summed E-state index contributed by atoms with van der Waals surface area (Å²) in [7, 11) is -0.820. The third kappa shape index (κ3) is 5.81. The van der Waals surface area contributed by atoms with E-state index < -0.39 is 15.9 Å². The lowest BCUT2D eigenvalue weighted by atomic mass is 10.2. The molecular weight excluding hydrogens is 420 g/mol. The van der Waals surface area contributed by atoms with Crippen LogP contribution in [0.3, 0.4) is 0 Å². The maximum Gasteiger partial charge on any atom is 0.251 e. The molecule has 2 amide bonds. The number of hydrogen-bond donors (Lipinski definition) is 2. The number of carbonyl (C=O) groups excluding carboxylic acids is 2. The molecule has 1 aliphatic rings. The Kier molecular flexibility index (Phi) is 7.26. The van der Waals surface area contributed by atoms with Crippen LogP contribution < -0.4 is 15.5 Å². The predicted molar refractivity (Wildman–Crippen MR) is 118 cm³/mol. The van der Waals surface area contributed by atoms with Gasteiger partial charge in [-0.05, 0) is 42.5 Å². The number of nitrogens with zero attached hydrogens (tertiary/aromatic N) is 2. The van der Waals surface area contributed by atoms with E-state index in [4.69, 9.17) is 4.74 Å². The Bertz CT molecular complexity index is 1030. The highest BCUT2D eigenvalue weighted by atomic mass is 32.2. The summed E-state index contributed by atoms with van der Waals surface area (Å²) < 4.78 is 30.9. The first-order valence-corrected chi connectivity index (χ1v) is 11.2. The van der Waals surface area contributed by atoms with E-state index in [1.54, 1.807) is 12.1 Å². The molecule has 1 saturated heterocycles. The Morgan fingerprint density at radius 3 is 2.39 bits per heavy atom. The minimum Gasteiger partial charge on any atom is -0.378 e. The fourth-order valence-corrected chi connectivity index (χ4v) is 4.00. The number of ether oxygens (including phenoxy) is 1. The fraction of sp³-hybridized carbons (Fsp3) is 0.333. The zero-order valence-electron chi connectivity index (χ0n) is 17.5. The van der Waals surface area contributed by atoms with E-state index in [-0.39, 0.29) is 22.9 Å². The van der Waals surface area contributed by atoms with Gasteiger partial charge < -0.3 is 20.3 Å². The Morgan fingerprint density at radius 2 is 1.74 bits per heavy atom. The molecule has 1 aliphatic heterocycles. The number of morpholine rings is 1. The van der Waals surface area contributed by atoms with Gasteiger partial charge in [0.15, 0.2) is 0 Å². The average Bonchev–Trinajstić information content (AvgIpc) is 2.78. The first-order chi connectivity index (χ1) is 14.8. The van der Waals surface area contributed by atoms with Crippen LogP contribution in [0.2, 0.25) is 0 Å². The average molecular weight is 447 g/mol. The number of nitrogens with one attached hydrogen (secondary N) is 2. The second-order valence-corrected chi connectivity index (χ2v) is 9.34. The van der Waals surface area contributed by atoms with Crippen molar-refractivity contribution >= 4 is 33.2 Å². The summed E-state index contributed by atoms with van der Waals surface area (Å²) in [4.78, 5) is 26.8. The number of hydrogen-bond acceptors (Lipinski definition) is 6. The number of sulfonamides is 1. The first kappa shape index (κ1) is 22.7. The molecule has 2 N–H and O–H groups in total. The number of rotatable bonds is 7. The summed E-state index contributed by atoms with van der Waals surface area (Å²) in [6.07, 6.45) is 0. The number of amides is 2. The van der Waals surface area contributed by atoms with Crippen molar-refractivity contribution in [3.63, 3.8) is 0 Å². The van der Waals surface area contributed by atoms with Crippen molar-refractivity contribution in [2.24, 2.45) is 0 Å². The maximum atomic E-state index is 12.4. The summed E-state index contributed by atoms with van der Waals surface area (Å²) >= 11 is 0. The van der Waals surface area contributed by atoms with Gasteiger partial charge >= 0.3 is 0 Å². The van der Waals surface area contributed by atoms with E-state index in [1.165, 1.54) is 38.4 Å². The van der Waals surface area contributed by atoms with Gasteiger partial charge in [-0.15, -0.1) is 0 Å². The predicted octanol–water partition coefficient (Wildman–Crippen LogP) is 1.14. The highest BCUT2D eigenvalue weighted by molar-refractivity contribution is 7.89. The smallest absolute Gasteiger partial charge is 0.251 e. The second-order valence-electron chi connectivity index (χ2n) is 7.19. The van der Waals surface area contributed by atoms with Gasteiger partial charge in [0.1, 0.15) is 0 Å². The topological polar surface area (TPSA) is 108 Å². The molecule has 0 saturated carbocycles. The molecule has 0 aromatic heterocycles. The van der Waals surface area contributed by atoms with Gasteiger partial charge in [0.25, 0.3) is 5.91 Å². The van der Waals surface area contributed by atoms with E-state index >= 15 is 0 Å². The van der Waals surface area contributed by atoms with Gasteiger partial charge in [-0.2, -0.15) is 0 Å². The van der Waals surface area contributed by atoms with Gasteiger partial charge in [-0.1, -0.05) is 6.07 Å². The quantitative estimate of drug-likeness (QED) is 0.661. The van der Waals surface area contributed by atoms with Crippen LogP contribution in [0.5, 0.6) is 0 Å². The highest BCUT2D eigenvalue weighted by Gasteiger charge is 2.19. The fourth-order valence-electron chi connectivity index (χ4n) is 3.05. The Hall–Kier alpha value is -2.95. The van der Waals surface area contributed by atoms with Gasteiger partial charge in [0.2, 0.25) is 15.9 Å². The molecule has 9 nitrogen and oxygen atoms in total. The largest absolute Gasteiger partial charge is 0.378 e. The van der Waals surface area contributed by atoms with Crippen LogP contribution in [0.4, 0.5) is 11.4 Å². The minimum absolute atomic E-state index is 0.00922. The Labute approximate surface area is 182 Å². The molecular formula is C21H26N4O5S. The van der Waals surface area contributed by atoms with E-state index in [0.29, 0.717) is 18.9 Å². The number of benzene rings is 2. The van der Waals surface area contributed by atoms with Crippen LogP contribution in [0.1, 0.15) is 10.4 Å². The van der Waals surface area contributed by atoms with Crippen LogP contribution in [0, 0.1) is 0 Å². The van der Waals surface area contributed by atoms with Crippen LogP contribution in [-0.4, -0.2) is 71.5 Å². The molecule has 1 heterocycles. The molecule has 3 rings (SSSR count).